The van der Waals surface area contributed by atoms with Gasteiger partial charge in [0.25, 0.3) is 0 Å². The summed E-state index contributed by atoms with van der Waals surface area (Å²) in [7, 11) is 0. The van der Waals surface area contributed by atoms with Crippen LogP contribution in [0.4, 0.5) is 10.5 Å². The fourth-order valence-electron chi connectivity index (χ4n) is 2.60. The van der Waals surface area contributed by atoms with E-state index in [0.717, 1.165) is 6.42 Å². The third-order valence-electron chi connectivity index (χ3n) is 3.89. The molecule has 1 N–H and O–H groups in total. The van der Waals surface area contributed by atoms with Crippen LogP contribution in [-0.2, 0) is 9.53 Å². The lowest BCUT2D eigenvalue weighted by Gasteiger charge is -2.33. The minimum absolute atomic E-state index is 0.0860. The SMILES string of the molecule is CCCOc1ccccc1NC(=O)CN1CCN(C(=O)OCC)CC1. The lowest BCUT2D eigenvalue weighted by atomic mass is 10.2. The van der Waals surface area contributed by atoms with Crippen LogP contribution in [0.5, 0.6) is 5.75 Å². The number of benzene rings is 1. The van der Waals surface area contributed by atoms with E-state index in [1.165, 1.54) is 0 Å². The van der Waals surface area contributed by atoms with Crippen molar-refractivity contribution >= 4 is 17.7 Å². The van der Waals surface area contributed by atoms with Gasteiger partial charge in [0.05, 0.1) is 25.4 Å². The van der Waals surface area contributed by atoms with Crippen LogP contribution >= 0.6 is 0 Å². The van der Waals surface area contributed by atoms with E-state index in [4.69, 9.17) is 9.47 Å². The van der Waals surface area contributed by atoms with E-state index in [1.54, 1.807) is 11.8 Å². The zero-order valence-electron chi connectivity index (χ0n) is 15.0. The average Bonchev–Trinajstić information content (AvgIpc) is 2.61. The van der Waals surface area contributed by atoms with Gasteiger partial charge in [-0.25, -0.2) is 4.79 Å². The molecular weight excluding hydrogens is 322 g/mol. The van der Waals surface area contributed by atoms with Gasteiger partial charge in [0.1, 0.15) is 5.75 Å². The number of carbonyl (C=O) groups excluding carboxylic acids is 2. The Bertz CT molecular complexity index is 571. The van der Waals surface area contributed by atoms with Gasteiger partial charge in [0.15, 0.2) is 0 Å². The fraction of sp³-hybridized carbons (Fsp3) is 0.556. The molecule has 0 aliphatic carbocycles. The van der Waals surface area contributed by atoms with Crippen molar-refractivity contribution in [1.82, 2.24) is 9.80 Å². The number of rotatable bonds is 7. The second kappa shape index (κ2) is 9.88. The van der Waals surface area contributed by atoms with E-state index in [2.05, 4.69) is 5.32 Å². The van der Waals surface area contributed by atoms with Crippen LogP contribution in [-0.4, -0.2) is 67.7 Å². The highest BCUT2D eigenvalue weighted by molar-refractivity contribution is 5.93. The third-order valence-corrected chi connectivity index (χ3v) is 3.89. The maximum absolute atomic E-state index is 12.3. The summed E-state index contributed by atoms with van der Waals surface area (Å²) >= 11 is 0. The van der Waals surface area contributed by atoms with Crippen LogP contribution in [0.3, 0.4) is 0 Å². The molecule has 7 heteroatoms. The number of para-hydroxylation sites is 2. The first-order chi connectivity index (χ1) is 12.1. The number of nitrogens with zero attached hydrogens (tertiary/aromatic N) is 2. The summed E-state index contributed by atoms with van der Waals surface area (Å²) in [5.41, 5.74) is 0.686. The standard InChI is InChI=1S/C18H27N3O4/c1-3-13-25-16-8-6-5-7-15(16)19-17(22)14-20-9-11-21(12-10-20)18(23)24-4-2/h5-8H,3-4,9-14H2,1-2H3,(H,19,22). The lowest BCUT2D eigenvalue weighted by molar-refractivity contribution is -0.117. The van der Waals surface area contributed by atoms with E-state index in [0.29, 0.717) is 57.4 Å². The number of hydrogen-bond donors (Lipinski definition) is 1. The smallest absolute Gasteiger partial charge is 0.409 e. The van der Waals surface area contributed by atoms with Crippen LogP contribution in [0.2, 0.25) is 0 Å². The number of ether oxygens (including phenoxy) is 2. The Morgan fingerprint density at radius 1 is 1.12 bits per heavy atom. The fourth-order valence-corrected chi connectivity index (χ4v) is 2.60. The molecular formula is C18H27N3O4. The molecule has 7 nitrogen and oxygen atoms in total. The Hall–Kier alpha value is -2.28. The number of carbonyl (C=O) groups is 2. The molecule has 1 aromatic carbocycles. The number of nitrogens with one attached hydrogen (secondary N) is 1. The van der Waals surface area contributed by atoms with Crippen LogP contribution in [0, 0.1) is 0 Å². The summed E-state index contributed by atoms with van der Waals surface area (Å²) < 4.78 is 10.7. The summed E-state index contributed by atoms with van der Waals surface area (Å²) in [5.74, 6) is 0.599. The van der Waals surface area contributed by atoms with Gasteiger partial charge in [-0.05, 0) is 25.5 Å². The Labute approximate surface area is 148 Å². The zero-order valence-corrected chi connectivity index (χ0v) is 15.0. The summed E-state index contributed by atoms with van der Waals surface area (Å²) in [4.78, 5) is 27.7. The zero-order chi connectivity index (χ0) is 18.1. The number of piperazine rings is 1. The Balaban J connectivity index is 1.81. The van der Waals surface area contributed by atoms with E-state index >= 15 is 0 Å². The lowest BCUT2D eigenvalue weighted by Crippen LogP contribution is -2.50. The van der Waals surface area contributed by atoms with E-state index < -0.39 is 0 Å². The molecule has 1 aliphatic rings. The van der Waals surface area contributed by atoms with Crippen LogP contribution < -0.4 is 10.1 Å². The summed E-state index contributed by atoms with van der Waals surface area (Å²) in [6, 6.07) is 7.44. The first-order valence-electron chi connectivity index (χ1n) is 8.79. The quantitative estimate of drug-likeness (QED) is 0.817. The summed E-state index contributed by atoms with van der Waals surface area (Å²) in [6.45, 7) is 7.56. The van der Waals surface area contributed by atoms with Crippen molar-refractivity contribution in [2.24, 2.45) is 0 Å². The van der Waals surface area contributed by atoms with Crippen molar-refractivity contribution in [3.05, 3.63) is 24.3 Å². The molecule has 0 bridgehead atoms. The number of amides is 2. The molecule has 1 aliphatic heterocycles. The van der Waals surface area contributed by atoms with E-state index in [1.807, 2.05) is 36.1 Å². The molecule has 1 aromatic rings. The molecule has 1 heterocycles. The molecule has 1 fully saturated rings. The molecule has 1 saturated heterocycles. The molecule has 25 heavy (non-hydrogen) atoms. The molecule has 138 valence electrons. The van der Waals surface area contributed by atoms with Crippen molar-refractivity contribution < 1.29 is 19.1 Å². The molecule has 0 spiro atoms. The number of anilines is 1. The largest absolute Gasteiger partial charge is 0.491 e. The van der Waals surface area contributed by atoms with Gasteiger partial charge in [-0.15, -0.1) is 0 Å². The van der Waals surface area contributed by atoms with Gasteiger partial charge in [-0.3, -0.25) is 9.69 Å². The summed E-state index contributed by atoms with van der Waals surface area (Å²) in [5, 5.41) is 2.91. The van der Waals surface area contributed by atoms with Crippen molar-refractivity contribution in [2.45, 2.75) is 20.3 Å². The van der Waals surface area contributed by atoms with Gasteiger partial charge in [0, 0.05) is 26.2 Å². The minimum atomic E-state index is -0.284. The molecule has 0 aromatic heterocycles. The van der Waals surface area contributed by atoms with Crippen LogP contribution in [0.25, 0.3) is 0 Å². The van der Waals surface area contributed by atoms with Gasteiger partial charge < -0.3 is 19.7 Å². The Morgan fingerprint density at radius 3 is 2.52 bits per heavy atom. The molecule has 0 saturated carbocycles. The molecule has 2 rings (SSSR count). The average molecular weight is 349 g/mol. The first kappa shape index (κ1) is 19.1. The monoisotopic (exact) mass is 349 g/mol. The van der Waals surface area contributed by atoms with Crippen LogP contribution in [0.1, 0.15) is 20.3 Å². The highest BCUT2D eigenvalue weighted by Crippen LogP contribution is 2.23. The third kappa shape index (κ3) is 5.94. The van der Waals surface area contributed by atoms with Gasteiger partial charge in [0.2, 0.25) is 5.91 Å². The predicted molar refractivity (Wildman–Crippen MR) is 95.9 cm³/mol. The highest BCUT2D eigenvalue weighted by Gasteiger charge is 2.23. The van der Waals surface area contributed by atoms with E-state index in [-0.39, 0.29) is 12.0 Å². The Morgan fingerprint density at radius 2 is 1.84 bits per heavy atom. The van der Waals surface area contributed by atoms with Crippen molar-refractivity contribution in [3.63, 3.8) is 0 Å². The molecule has 0 unspecified atom stereocenters. The first-order valence-corrected chi connectivity index (χ1v) is 8.79. The number of hydrogen-bond acceptors (Lipinski definition) is 5. The minimum Gasteiger partial charge on any atom is -0.491 e. The normalized spacial score (nSPS) is 14.9. The molecule has 0 radical (unpaired) electrons. The molecule has 2 amide bonds. The Kier molecular flexibility index (Phi) is 7.53. The second-order valence-corrected chi connectivity index (χ2v) is 5.85. The van der Waals surface area contributed by atoms with Crippen molar-refractivity contribution in [2.75, 3.05) is 51.3 Å². The van der Waals surface area contributed by atoms with Gasteiger partial charge in [-0.1, -0.05) is 19.1 Å². The second-order valence-electron chi connectivity index (χ2n) is 5.85. The van der Waals surface area contributed by atoms with Crippen LogP contribution in [0.15, 0.2) is 24.3 Å². The van der Waals surface area contributed by atoms with E-state index in [9.17, 15) is 9.59 Å². The van der Waals surface area contributed by atoms with Gasteiger partial charge in [-0.2, -0.15) is 0 Å². The predicted octanol–water partition coefficient (Wildman–Crippen LogP) is 2.19. The summed E-state index contributed by atoms with van der Waals surface area (Å²) in [6.07, 6.45) is 0.626. The van der Waals surface area contributed by atoms with Gasteiger partial charge >= 0.3 is 6.09 Å². The maximum atomic E-state index is 12.3. The topological polar surface area (TPSA) is 71.1 Å². The highest BCUT2D eigenvalue weighted by atomic mass is 16.6. The maximum Gasteiger partial charge on any atom is 0.409 e. The van der Waals surface area contributed by atoms with Crippen molar-refractivity contribution in [1.29, 1.82) is 0 Å². The molecule has 0 atom stereocenters. The van der Waals surface area contributed by atoms with Crippen molar-refractivity contribution in [3.8, 4) is 5.75 Å².